The number of aliphatic imine (C=N–C) groups is 1. The average molecular weight is 297 g/mol. The number of benzene rings is 3. The Hall–Kier alpha value is -2.67. The van der Waals surface area contributed by atoms with E-state index in [2.05, 4.69) is 92.7 Å². The van der Waals surface area contributed by atoms with Crippen LogP contribution in [0.5, 0.6) is 0 Å². The molecule has 4 rings (SSSR count). The predicted molar refractivity (Wildman–Crippen MR) is 96.7 cm³/mol. The molecule has 0 bridgehead atoms. The lowest BCUT2D eigenvalue weighted by atomic mass is 9.71. The topological polar surface area (TPSA) is 12.4 Å². The second-order valence-electron chi connectivity index (χ2n) is 6.28. The van der Waals surface area contributed by atoms with Gasteiger partial charge in [-0.3, -0.25) is 4.99 Å². The molecule has 1 heteroatoms. The highest BCUT2D eigenvalue weighted by Crippen LogP contribution is 2.46. The largest absolute Gasteiger partial charge is 0.251 e. The quantitative estimate of drug-likeness (QED) is 0.597. The van der Waals surface area contributed by atoms with Crippen LogP contribution in [0.2, 0.25) is 0 Å². The van der Waals surface area contributed by atoms with Gasteiger partial charge in [0.1, 0.15) is 0 Å². The lowest BCUT2D eigenvalue weighted by Crippen LogP contribution is -2.32. The zero-order valence-corrected chi connectivity index (χ0v) is 13.5. The third-order valence-electron chi connectivity index (χ3n) is 4.90. The van der Waals surface area contributed by atoms with Crippen molar-refractivity contribution in [1.29, 1.82) is 0 Å². The molecule has 1 atom stereocenters. The Balaban J connectivity index is 2.01. The maximum Gasteiger partial charge on any atom is 0.0678 e. The molecule has 0 amide bonds. The molecule has 112 valence electrons. The third-order valence-corrected chi connectivity index (χ3v) is 4.90. The fourth-order valence-corrected chi connectivity index (χ4v) is 3.59. The monoisotopic (exact) mass is 297 g/mol. The van der Waals surface area contributed by atoms with E-state index < -0.39 is 0 Å². The standard InChI is InChI=1S/C22H19N/c1-16-10-6-7-13-18(16)21-22(2,17-11-4-3-5-12-17)19-14-8-9-15-20(19)23-21/h3-15H,1-2H3. The Morgan fingerprint density at radius 2 is 1.39 bits per heavy atom. The maximum atomic E-state index is 5.03. The van der Waals surface area contributed by atoms with E-state index in [0.29, 0.717) is 0 Å². The maximum absolute atomic E-state index is 5.03. The van der Waals surface area contributed by atoms with Crippen LogP contribution in [-0.4, -0.2) is 5.71 Å². The highest BCUT2D eigenvalue weighted by atomic mass is 14.8. The molecule has 3 aromatic rings. The van der Waals surface area contributed by atoms with Gasteiger partial charge in [-0.05, 0) is 36.6 Å². The molecule has 1 aliphatic rings. The van der Waals surface area contributed by atoms with Gasteiger partial charge in [0.2, 0.25) is 0 Å². The van der Waals surface area contributed by atoms with Gasteiger partial charge in [0.05, 0.1) is 16.8 Å². The van der Waals surface area contributed by atoms with E-state index in [9.17, 15) is 0 Å². The summed E-state index contributed by atoms with van der Waals surface area (Å²) in [6.07, 6.45) is 0. The summed E-state index contributed by atoms with van der Waals surface area (Å²) in [5.74, 6) is 0. The van der Waals surface area contributed by atoms with E-state index in [1.807, 2.05) is 0 Å². The van der Waals surface area contributed by atoms with Crippen molar-refractivity contribution >= 4 is 11.4 Å². The van der Waals surface area contributed by atoms with Crippen LogP contribution in [0.25, 0.3) is 0 Å². The lowest BCUT2D eigenvalue weighted by molar-refractivity contribution is 0.793. The van der Waals surface area contributed by atoms with Crippen LogP contribution in [0.4, 0.5) is 5.69 Å². The van der Waals surface area contributed by atoms with Crippen LogP contribution in [0.1, 0.15) is 29.2 Å². The molecule has 0 N–H and O–H groups in total. The van der Waals surface area contributed by atoms with E-state index in [1.54, 1.807) is 0 Å². The van der Waals surface area contributed by atoms with Crippen LogP contribution < -0.4 is 0 Å². The van der Waals surface area contributed by atoms with E-state index in [4.69, 9.17) is 4.99 Å². The molecule has 1 nitrogen and oxygen atoms in total. The van der Waals surface area contributed by atoms with Crippen molar-refractivity contribution in [3.05, 3.63) is 101 Å². The molecule has 1 heterocycles. The zero-order valence-electron chi connectivity index (χ0n) is 13.5. The van der Waals surface area contributed by atoms with Crippen molar-refractivity contribution in [1.82, 2.24) is 0 Å². The van der Waals surface area contributed by atoms with Crippen molar-refractivity contribution in [2.24, 2.45) is 4.99 Å². The van der Waals surface area contributed by atoms with Crippen LogP contribution in [0.15, 0.2) is 83.9 Å². The number of rotatable bonds is 2. The molecule has 0 radical (unpaired) electrons. The smallest absolute Gasteiger partial charge is 0.0678 e. The zero-order chi connectivity index (χ0) is 15.9. The van der Waals surface area contributed by atoms with Crippen LogP contribution in [0.3, 0.4) is 0 Å². The molecular weight excluding hydrogens is 278 g/mol. The Bertz CT molecular complexity index is 893. The first kappa shape index (κ1) is 14.0. The molecular formula is C22H19N. The number of para-hydroxylation sites is 1. The minimum atomic E-state index is -0.218. The van der Waals surface area contributed by atoms with Crippen molar-refractivity contribution in [3.8, 4) is 0 Å². The summed E-state index contributed by atoms with van der Waals surface area (Å²) in [5, 5.41) is 0. The molecule has 0 saturated carbocycles. The van der Waals surface area contributed by atoms with Gasteiger partial charge >= 0.3 is 0 Å². The summed E-state index contributed by atoms with van der Waals surface area (Å²) >= 11 is 0. The Labute approximate surface area is 137 Å². The van der Waals surface area contributed by atoms with E-state index in [1.165, 1.54) is 22.3 Å². The molecule has 0 saturated heterocycles. The van der Waals surface area contributed by atoms with Crippen LogP contribution in [-0.2, 0) is 5.41 Å². The van der Waals surface area contributed by atoms with Gasteiger partial charge in [-0.25, -0.2) is 0 Å². The van der Waals surface area contributed by atoms with Gasteiger partial charge in [-0.2, -0.15) is 0 Å². The molecule has 0 fully saturated rings. The van der Waals surface area contributed by atoms with Crippen molar-refractivity contribution in [3.63, 3.8) is 0 Å². The summed E-state index contributed by atoms with van der Waals surface area (Å²) in [4.78, 5) is 5.03. The molecule has 1 aliphatic heterocycles. The molecule has 23 heavy (non-hydrogen) atoms. The number of hydrogen-bond donors (Lipinski definition) is 0. The molecule has 1 unspecified atom stereocenters. The minimum Gasteiger partial charge on any atom is -0.251 e. The van der Waals surface area contributed by atoms with Gasteiger partial charge in [-0.1, -0.05) is 72.8 Å². The fourth-order valence-electron chi connectivity index (χ4n) is 3.59. The predicted octanol–water partition coefficient (Wildman–Crippen LogP) is 5.44. The Kier molecular flexibility index (Phi) is 3.16. The highest BCUT2D eigenvalue weighted by molar-refractivity contribution is 6.15. The summed E-state index contributed by atoms with van der Waals surface area (Å²) < 4.78 is 0. The second-order valence-corrected chi connectivity index (χ2v) is 6.28. The number of fused-ring (bicyclic) bond motifs is 1. The number of nitrogens with zero attached hydrogens (tertiary/aromatic N) is 1. The van der Waals surface area contributed by atoms with Gasteiger partial charge < -0.3 is 0 Å². The van der Waals surface area contributed by atoms with Crippen LogP contribution >= 0.6 is 0 Å². The summed E-state index contributed by atoms with van der Waals surface area (Å²) in [6, 6.07) is 27.7. The summed E-state index contributed by atoms with van der Waals surface area (Å²) in [6.45, 7) is 4.45. The Morgan fingerprint density at radius 3 is 2.17 bits per heavy atom. The molecule has 0 spiro atoms. The van der Waals surface area contributed by atoms with Gasteiger partial charge in [0, 0.05) is 5.56 Å². The van der Waals surface area contributed by atoms with Crippen LogP contribution in [0, 0.1) is 6.92 Å². The average Bonchev–Trinajstić information content (AvgIpc) is 2.91. The first-order valence-corrected chi connectivity index (χ1v) is 8.01. The first-order chi connectivity index (χ1) is 11.2. The number of hydrogen-bond acceptors (Lipinski definition) is 1. The summed E-state index contributed by atoms with van der Waals surface area (Å²) in [7, 11) is 0. The summed E-state index contributed by atoms with van der Waals surface area (Å²) in [5.41, 5.74) is 7.07. The third kappa shape index (κ3) is 2.04. The fraction of sp³-hybridized carbons (Fsp3) is 0.136. The van der Waals surface area contributed by atoms with Gasteiger partial charge in [0.15, 0.2) is 0 Å². The van der Waals surface area contributed by atoms with E-state index in [-0.39, 0.29) is 5.41 Å². The van der Waals surface area contributed by atoms with Gasteiger partial charge in [-0.15, -0.1) is 0 Å². The molecule has 0 aromatic heterocycles. The second kappa shape index (κ2) is 5.20. The molecule has 3 aromatic carbocycles. The van der Waals surface area contributed by atoms with Crippen molar-refractivity contribution < 1.29 is 0 Å². The van der Waals surface area contributed by atoms with Crippen molar-refractivity contribution in [2.45, 2.75) is 19.3 Å². The van der Waals surface area contributed by atoms with E-state index >= 15 is 0 Å². The van der Waals surface area contributed by atoms with E-state index in [0.717, 1.165) is 11.4 Å². The Morgan fingerprint density at radius 1 is 0.739 bits per heavy atom. The minimum absolute atomic E-state index is 0.218. The SMILES string of the molecule is Cc1ccccc1C1=Nc2ccccc2C1(C)c1ccccc1. The highest BCUT2D eigenvalue weighted by Gasteiger charge is 2.41. The first-order valence-electron chi connectivity index (χ1n) is 8.01. The normalized spacial score (nSPS) is 19.3. The number of aryl methyl sites for hydroxylation is 1. The van der Waals surface area contributed by atoms with Crippen molar-refractivity contribution in [2.75, 3.05) is 0 Å². The molecule has 0 aliphatic carbocycles. The van der Waals surface area contributed by atoms with Gasteiger partial charge in [0.25, 0.3) is 0 Å². The lowest BCUT2D eigenvalue weighted by Gasteiger charge is -2.29.